The smallest absolute Gasteiger partial charge is 0.150 e. The lowest BCUT2D eigenvalue weighted by molar-refractivity contribution is 0.202. The normalized spacial score (nSPS) is 13.9. The number of aliphatic hydroxyl groups excluding tert-OH is 1. The van der Waals surface area contributed by atoms with Crippen LogP contribution in [0.1, 0.15) is 11.7 Å². The van der Waals surface area contributed by atoms with Gasteiger partial charge in [0.15, 0.2) is 0 Å². The number of hydrogen-bond acceptors (Lipinski definition) is 4. The number of nitrogen functional groups attached to an aromatic ring is 1. The van der Waals surface area contributed by atoms with Gasteiger partial charge in [0.2, 0.25) is 0 Å². The van der Waals surface area contributed by atoms with Gasteiger partial charge in [0.1, 0.15) is 9.84 Å². The average molecular weight is 215 g/mol. The zero-order valence-corrected chi connectivity index (χ0v) is 8.66. The highest BCUT2D eigenvalue weighted by Crippen LogP contribution is 2.15. The molecule has 0 aliphatic rings. The first kappa shape index (κ1) is 11.0. The minimum absolute atomic E-state index is 0.267. The van der Waals surface area contributed by atoms with Gasteiger partial charge in [-0.3, -0.25) is 0 Å². The van der Waals surface area contributed by atoms with Crippen LogP contribution < -0.4 is 5.73 Å². The van der Waals surface area contributed by atoms with Crippen LogP contribution in [0, 0.1) is 0 Å². The lowest BCUT2D eigenvalue weighted by Crippen LogP contribution is -2.12. The fourth-order valence-electron chi connectivity index (χ4n) is 1.10. The van der Waals surface area contributed by atoms with Crippen molar-refractivity contribution in [1.82, 2.24) is 0 Å². The Morgan fingerprint density at radius 2 is 1.86 bits per heavy atom. The van der Waals surface area contributed by atoms with Gasteiger partial charge in [0.05, 0.1) is 11.9 Å². The Bertz CT molecular complexity index is 397. The third-order valence-corrected chi connectivity index (χ3v) is 2.70. The van der Waals surface area contributed by atoms with Crippen molar-refractivity contribution in [2.75, 3.05) is 17.7 Å². The summed E-state index contributed by atoms with van der Waals surface area (Å²) in [7, 11) is -3.16. The van der Waals surface area contributed by atoms with Crippen molar-refractivity contribution in [1.29, 1.82) is 0 Å². The van der Waals surface area contributed by atoms with Crippen molar-refractivity contribution in [2.45, 2.75) is 6.10 Å². The molecule has 5 heteroatoms. The van der Waals surface area contributed by atoms with Crippen molar-refractivity contribution >= 4 is 15.5 Å². The molecule has 0 saturated heterocycles. The molecular weight excluding hydrogens is 202 g/mol. The maximum Gasteiger partial charge on any atom is 0.150 e. The van der Waals surface area contributed by atoms with E-state index in [1.54, 1.807) is 24.3 Å². The molecule has 1 aromatic rings. The molecule has 0 spiro atoms. The van der Waals surface area contributed by atoms with E-state index in [4.69, 9.17) is 5.73 Å². The van der Waals surface area contributed by atoms with E-state index in [0.29, 0.717) is 11.3 Å². The number of hydrogen-bond donors (Lipinski definition) is 2. The van der Waals surface area contributed by atoms with E-state index in [-0.39, 0.29) is 5.75 Å². The highest BCUT2D eigenvalue weighted by Gasteiger charge is 2.13. The molecule has 1 aromatic carbocycles. The van der Waals surface area contributed by atoms with Gasteiger partial charge >= 0.3 is 0 Å². The molecule has 4 nitrogen and oxygen atoms in total. The van der Waals surface area contributed by atoms with Crippen LogP contribution in [-0.4, -0.2) is 25.5 Å². The number of aliphatic hydroxyl groups is 1. The van der Waals surface area contributed by atoms with Gasteiger partial charge in [-0.05, 0) is 17.7 Å². The summed E-state index contributed by atoms with van der Waals surface area (Å²) < 4.78 is 21.8. The fourth-order valence-corrected chi connectivity index (χ4v) is 1.87. The fraction of sp³-hybridized carbons (Fsp3) is 0.333. The third-order valence-electron chi connectivity index (χ3n) is 1.78. The van der Waals surface area contributed by atoms with E-state index in [0.717, 1.165) is 6.26 Å². The van der Waals surface area contributed by atoms with Gasteiger partial charge in [0.25, 0.3) is 0 Å². The first-order valence-corrected chi connectivity index (χ1v) is 6.16. The van der Waals surface area contributed by atoms with Crippen LogP contribution >= 0.6 is 0 Å². The van der Waals surface area contributed by atoms with E-state index in [1.165, 1.54) is 0 Å². The second kappa shape index (κ2) is 3.98. The molecule has 1 rings (SSSR count). The van der Waals surface area contributed by atoms with Crippen LogP contribution in [0.15, 0.2) is 24.3 Å². The van der Waals surface area contributed by atoms with Crippen LogP contribution in [0.2, 0.25) is 0 Å². The Labute approximate surface area is 83.3 Å². The first-order valence-electron chi connectivity index (χ1n) is 4.10. The van der Waals surface area contributed by atoms with E-state index in [2.05, 4.69) is 0 Å². The molecule has 0 unspecified atom stereocenters. The van der Waals surface area contributed by atoms with Crippen molar-refractivity contribution in [3.05, 3.63) is 29.8 Å². The summed E-state index contributed by atoms with van der Waals surface area (Å²) in [6.45, 7) is 0. The molecule has 3 N–H and O–H groups in total. The van der Waals surface area contributed by atoms with Gasteiger partial charge in [0, 0.05) is 11.9 Å². The number of benzene rings is 1. The summed E-state index contributed by atoms with van der Waals surface area (Å²) in [4.78, 5) is 0. The third kappa shape index (κ3) is 3.35. The highest BCUT2D eigenvalue weighted by atomic mass is 32.2. The molecule has 0 heterocycles. The largest absolute Gasteiger partial charge is 0.399 e. The minimum atomic E-state index is -3.16. The first-order chi connectivity index (χ1) is 6.38. The minimum Gasteiger partial charge on any atom is -0.399 e. The molecule has 0 aliphatic carbocycles. The Morgan fingerprint density at radius 1 is 1.36 bits per heavy atom. The van der Waals surface area contributed by atoms with Crippen molar-refractivity contribution in [3.63, 3.8) is 0 Å². The van der Waals surface area contributed by atoms with Gasteiger partial charge in [-0.2, -0.15) is 0 Å². The molecule has 0 aromatic heterocycles. The number of nitrogens with two attached hydrogens (primary N) is 1. The summed E-state index contributed by atoms with van der Waals surface area (Å²) in [6.07, 6.45) is 0.110. The summed E-state index contributed by atoms with van der Waals surface area (Å²) in [6, 6.07) is 6.48. The quantitative estimate of drug-likeness (QED) is 0.713. The molecule has 0 saturated carbocycles. The van der Waals surface area contributed by atoms with Crippen LogP contribution in [0.4, 0.5) is 5.69 Å². The summed E-state index contributed by atoms with van der Waals surface area (Å²) >= 11 is 0. The second-order valence-corrected chi connectivity index (χ2v) is 5.46. The standard InChI is InChI=1S/C9H13NO3S/c1-14(12,13)6-9(11)7-2-4-8(10)5-3-7/h2-5,9,11H,6,10H2,1H3/t9-/m0/s1. The Hall–Kier alpha value is -1.07. The average Bonchev–Trinajstić information content (AvgIpc) is 2.02. The summed E-state index contributed by atoms with van der Waals surface area (Å²) in [5.41, 5.74) is 6.60. The van der Waals surface area contributed by atoms with Gasteiger partial charge in [-0.25, -0.2) is 8.42 Å². The number of rotatable bonds is 3. The van der Waals surface area contributed by atoms with Gasteiger partial charge < -0.3 is 10.8 Å². The maximum absolute atomic E-state index is 10.9. The van der Waals surface area contributed by atoms with Crippen LogP contribution in [0.25, 0.3) is 0 Å². The molecular formula is C9H13NO3S. The van der Waals surface area contributed by atoms with E-state index in [1.807, 2.05) is 0 Å². The van der Waals surface area contributed by atoms with Crippen LogP contribution in [0.3, 0.4) is 0 Å². The Kier molecular flexibility index (Phi) is 3.13. The molecule has 0 fully saturated rings. The molecule has 1 atom stereocenters. The molecule has 14 heavy (non-hydrogen) atoms. The zero-order chi connectivity index (χ0) is 10.8. The predicted molar refractivity (Wildman–Crippen MR) is 55.5 cm³/mol. The Morgan fingerprint density at radius 3 is 2.29 bits per heavy atom. The summed E-state index contributed by atoms with van der Waals surface area (Å²) in [5.74, 6) is -0.267. The molecule has 0 amide bonds. The SMILES string of the molecule is CS(=O)(=O)C[C@H](O)c1ccc(N)cc1. The zero-order valence-electron chi connectivity index (χ0n) is 7.84. The van der Waals surface area contributed by atoms with E-state index < -0.39 is 15.9 Å². The summed E-state index contributed by atoms with van der Waals surface area (Å²) in [5, 5.41) is 9.53. The highest BCUT2D eigenvalue weighted by molar-refractivity contribution is 7.90. The topological polar surface area (TPSA) is 80.4 Å². The molecule has 0 bridgehead atoms. The Balaban J connectivity index is 2.80. The van der Waals surface area contributed by atoms with Crippen molar-refractivity contribution < 1.29 is 13.5 Å². The van der Waals surface area contributed by atoms with E-state index in [9.17, 15) is 13.5 Å². The predicted octanol–water partition coefficient (Wildman–Crippen LogP) is 0.347. The van der Waals surface area contributed by atoms with Gasteiger partial charge in [-0.1, -0.05) is 12.1 Å². The number of sulfone groups is 1. The van der Waals surface area contributed by atoms with Crippen LogP contribution in [-0.2, 0) is 9.84 Å². The van der Waals surface area contributed by atoms with Gasteiger partial charge in [-0.15, -0.1) is 0 Å². The van der Waals surface area contributed by atoms with E-state index >= 15 is 0 Å². The van der Waals surface area contributed by atoms with Crippen molar-refractivity contribution in [3.8, 4) is 0 Å². The van der Waals surface area contributed by atoms with Crippen LogP contribution in [0.5, 0.6) is 0 Å². The second-order valence-electron chi connectivity index (χ2n) is 3.27. The monoisotopic (exact) mass is 215 g/mol. The molecule has 78 valence electrons. The lowest BCUT2D eigenvalue weighted by atomic mass is 10.1. The molecule has 0 aliphatic heterocycles. The number of anilines is 1. The molecule has 0 radical (unpaired) electrons. The maximum atomic E-state index is 10.9. The van der Waals surface area contributed by atoms with Crippen molar-refractivity contribution in [2.24, 2.45) is 0 Å². The lowest BCUT2D eigenvalue weighted by Gasteiger charge is -2.09.